The van der Waals surface area contributed by atoms with Gasteiger partial charge < -0.3 is 10.8 Å². The minimum Gasteiger partial charge on any atom is -0.396 e. The van der Waals surface area contributed by atoms with Crippen molar-refractivity contribution in [1.29, 1.82) is 0 Å². The van der Waals surface area contributed by atoms with E-state index in [1.54, 1.807) is 0 Å². The minimum atomic E-state index is -1.25. The molecule has 0 saturated heterocycles. The number of nitrogens with two attached hydrogens (primary N) is 1. The van der Waals surface area contributed by atoms with Crippen LogP contribution in [0.1, 0.15) is 24.4 Å². The van der Waals surface area contributed by atoms with Crippen LogP contribution in [-0.4, -0.2) is 11.7 Å². The smallest absolute Gasteiger partial charge is 0.163 e. The fourth-order valence-corrected chi connectivity index (χ4v) is 1.31. The van der Waals surface area contributed by atoms with Crippen molar-refractivity contribution < 1.29 is 18.3 Å². The molecule has 5 heteroatoms. The number of hydrogen-bond donors (Lipinski definition) is 2. The number of aliphatic hydroxyl groups is 1. The lowest BCUT2D eigenvalue weighted by Gasteiger charge is -2.12. The normalized spacial score (nSPS) is 12.9. The summed E-state index contributed by atoms with van der Waals surface area (Å²) >= 11 is 0. The first-order chi connectivity index (χ1) is 7.06. The van der Waals surface area contributed by atoms with Gasteiger partial charge in [-0.15, -0.1) is 0 Å². The lowest BCUT2D eigenvalue weighted by Crippen LogP contribution is -2.14. The maximum atomic E-state index is 13.2. The van der Waals surface area contributed by atoms with Gasteiger partial charge in [-0.1, -0.05) is 0 Å². The average Bonchev–Trinajstić information content (AvgIpc) is 2.19. The Morgan fingerprint density at radius 3 is 2.53 bits per heavy atom. The molecular weight excluding hydrogens is 207 g/mol. The van der Waals surface area contributed by atoms with Crippen LogP contribution in [0.4, 0.5) is 13.2 Å². The van der Waals surface area contributed by atoms with E-state index in [9.17, 15) is 13.2 Å². The zero-order valence-electron chi connectivity index (χ0n) is 8.01. The maximum Gasteiger partial charge on any atom is 0.163 e. The quantitative estimate of drug-likeness (QED) is 0.759. The Morgan fingerprint density at radius 1 is 1.27 bits per heavy atom. The number of rotatable bonds is 4. The summed E-state index contributed by atoms with van der Waals surface area (Å²) in [5.41, 5.74) is 5.34. The third-order valence-corrected chi connectivity index (χ3v) is 2.09. The van der Waals surface area contributed by atoms with E-state index in [-0.39, 0.29) is 18.6 Å². The van der Waals surface area contributed by atoms with Gasteiger partial charge in [0.25, 0.3) is 0 Å². The van der Waals surface area contributed by atoms with Crippen molar-refractivity contribution in [2.45, 2.75) is 18.9 Å². The highest BCUT2D eigenvalue weighted by molar-refractivity contribution is 5.23. The second-order valence-electron chi connectivity index (χ2n) is 3.26. The molecule has 0 aromatic heterocycles. The van der Waals surface area contributed by atoms with Crippen LogP contribution in [0.5, 0.6) is 0 Å². The molecule has 0 radical (unpaired) electrons. The molecule has 0 unspecified atom stereocenters. The molecule has 84 valence electrons. The van der Waals surface area contributed by atoms with Gasteiger partial charge in [0.1, 0.15) is 5.82 Å². The highest BCUT2D eigenvalue weighted by Crippen LogP contribution is 2.22. The van der Waals surface area contributed by atoms with E-state index >= 15 is 0 Å². The van der Waals surface area contributed by atoms with Crippen molar-refractivity contribution in [2.24, 2.45) is 5.73 Å². The van der Waals surface area contributed by atoms with E-state index in [0.717, 1.165) is 6.07 Å². The Kier molecular flexibility index (Phi) is 4.11. The fraction of sp³-hybridized carbons (Fsp3) is 0.400. The van der Waals surface area contributed by atoms with Gasteiger partial charge in [0, 0.05) is 24.3 Å². The molecule has 0 saturated carbocycles. The second kappa shape index (κ2) is 5.14. The minimum absolute atomic E-state index is 0.0902. The van der Waals surface area contributed by atoms with E-state index in [1.807, 2.05) is 0 Å². The molecule has 1 rings (SSSR count). The van der Waals surface area contributed by atoms with Crippen LogP contribution < -0.4 is 5.73 Å². The van der Waals surface area contributed by atoms with Crippen molar-refractivity contribution in [3.05, 3.63) is 35.1 Å². The zero-order valence-corrected chi connectivity index (χ0v) is 8.01. The highest BCUT2D eigenvalue weighted by atomic mass is 19.2. The van der Waals surface area contributed by atoms with Crippen molar-refractivity contribution in [2.75, 3.05) is 6.61 Å². The number of benzene rings is 1. The summed E-state index contributed by atoms with van der Waals surface area (Å²) in [7, 11) is 0. The molecular formula is C10H12F3NO. The Labute approximate surface area is 85.5 Å². The third kappa shape index (κ3) is 2.94. The summed E-state index contributed by atoms with van der Waals surface area (Å²) in [5.74, 6) is -3.23. The fourth-order valence-electron chi connectivity index (χ4n) is 1.31. The topological polar surface area (TPSA) is 46.2 Å². The molecule has 0 spiro atoms. The summed E-state index contributed by atoms with van der Waals surface area (Å²) in [6.07, 6.45) is 0.634. The first kappa shape index (κ1) is 12.0. The maximum absolute atomic E-state index is 13.2. The molecule has 0 aliphatic rings. The Bertz CT molecular complexity index is 344. The van der Waals surface area contributed by atoms with Crippen LogP contribution in [0.3, 0.4) is 0 Å². The lowest BCUT2D eigenvalue weighted by atomic mass is 10.0. The predicted octanol–water partition coefficient (Wildman–Crippen LogP) is 1.88. The molecule has 2 nitrogen and oxygen atoms in total. The van der Waals surface area contributed by atoms with Gasteiger partial charge in [-0.3, -0.25) is 0 Å². The molecule has 0 aliphatic carbocycles. The monoisotopic (exact) mass is 219 g/mol. The van der Waals surface area contributed by atoms with Crippen LogP contribution in [0.15, 0.2) is 12.1 Å². The standard InChI is InChI=1S/C10H12F3NO/c11-6-4-7(9(14)2-1-3-15)10(13)8(12)5-6/h4-5,9,15H,1-3,14H2/t9-/m1/s1. The first-order valence-corrected chi connectivity index (χ1v) is 4.57. The van der Waals surface area contributed by atoms with Gasteiger partial charge in [0.15, 0.2) is 11.6 Å². The Balaban J connectivity index is 2.92. The molecule has 0 aliphatic heterocycles. The van der Waals surface area contributed by atoms with Crippen molar-refractivity contribution in [3.63, 3.8) is 0 Å². The number of aliphatic hydroxyl groups excluding tert-OH is 1. The highest BCUT2D eigenvalue weighted by Gasteiger charge is 2.16. The Morgan fingerprint density at radius 2 is 1.93 bits per heavy atom. The molecule has 1 atom stereocenters. The van der Waals surface area contributed by atoms with Crippen molar-refractivity contribution in [3.8, 4) is 0 Å². The summed E-state index contributed by atoms with van der Waals surface area (Å²) in [6.45, 7) is -0.0902. The Hall–Kier alpha value is -1.07. The van der Waals surface area contributed by atoms with Crippen LogP contribution in [0.25, 0.3) is 0 Å². The van der Waals surface area contributed by atoms with Gasteiger partial charge in [-0.25, -0.2) is 13.2 Å². The van der Waals surface area contributed by atoms with E-state index in [2.05, 4.69) is 0 Å². The molecule has 0 heterocycles. The van der Waals surface area contributed by atoms with Crippen LogP contribution in [0.2, 0.25) is 0 Å². The summed E-state index contributed by atoms with van der Waals surface area (Å²) in [4.78, 5) is 0. The SMILES string of the molecule is N[C@H](CCCO)c1cc(F)cc(F)c1F. The van der Waals surface area contributed by atoms with Gasteiger partial charge in [0.05, 0.1) is 0 Å². The number of halogens is 3. The van der Waals surface area contributed by atoms with E-state index in [4.69, 9.17) is 10.8 Å². The van der Waals surface area contributed by atoms with Gasteiger partial charge in [-0.2, -0.15) is 0 Å². The average molecular weight is 219 g/mol. The van der Waals surface area contributed by atoms with Crippen LogP contribution in [0, 0.1) is 17.5 Å². The summed E-state index contributed by atoms with van der Waals surface area (Å²) < 4.78 is 38.8. The summed E-state index contributed by atoms with van der Waals surface area (Å²) in [6, 6.07) is 0.542. The zero-order chi connectivity index (χ0) is 11.4. The molecule has 0 fully saturated rings. The largest absolute Gasteiger partial charge is 0.396 e. The van der Waals surface area contributed by atoms with Crippen LogP contribution in [-0.2, 0) is 0 Å². The van der Waals surface area contributed by atoms with Gasteiger partial charge in [0.2, 0.25) is 0 Å². The van der Waals surface area contributed by atoms with Gasteiger partial charge in [-0.05, 0) is 18.9 Å². The van der Waals surface area contributed by atoms with E-state index < -0.39 is 23.5 Å². The molecule has 1 aromatic carbocycles. The summed E-state index contributed by atoms with van der Waals surface area (Å²) in [5, 5.41) is 8.54. The molecule has 15 heavy (non-hydrogen) atoms. The van der Waals surface area contributed by atoms with E-state index in [0.29, 0.717) is 12.5 Å². The van der Waals surface area contributed by atoms with Crippen molar-refractivity contribution >= 4 is 0 Å². The number of hydrogen-bond acceptors (Lipinski definition) is 2. The second-order valence-corrected chi connectivity index (χ2v) is 3.26. The lowest BCUT2D eigenvalue weighted by molar-refractivity contribution is 0.279. The molecule has 1 aromatic rings. The van der Waals surface area contributed by atoms with Gasteiger partial charge >= 0.3 is 0 Å². The molecule has 3 N–H and O–H groups in total. The van der Waals surface area contributed by atoms with Crippen molar-refractivity contribution in [1.82, 2.24) is 0 Å². The molecule has 0 amide bonds. The third-order valence-electron chi connectivity index (χ3n) is 2.09. The van der Waals surface area contributed by atoms with E-state index in [1.165, 1.54) is 0 Å². The van der Waals surface area contributed by atoms with Crippen LogP contribution >= 0.6 is 0 Å². The predicted molar refractivity (Wildman–Crippen MR) is 49.6 cm³/mol. The molecule has 0 bridgehead atoms. The first-order valence-electron chi connectivity index (χ1n) is 4.57.